The third kappa shape index (κ3) is 3.49. The van der Waals surface area contributed by atoms with E-state index < -0.39 is 25.1 Å². The standard InChI is InChI=1S/C24H24BNO6/c1-26-23(28)19-11-15(13-31-17-8-3-2-4-9-17)22-18(21(19)24(26)29)12-20(32-25(22)30)14-6-5-7-16(27)10-14/h2-10,18-21,27,30H,11-13H2,1H3/t18-,19-,20-,21+/m0/s1. The Balaban J connectivity index is 1.51. The fourth-order valence-corrected chi connectivity index (χ4v) is 5.33. The van der Waals surface area contributed by atoms with Gasteiger partial charge in [-0.15, -0.1) is 0 Å². The van der Waals surface area contributed by atoms with E-state index in [1.165, 1.54) is 11.9 Å². The predicted octanol–water partition coefficient (Wildman–Crippen LogP) is 2.50. The smallest absolute Gasteiger partial charge is 0.487 e. The van der Waals surface area contributed by atoms with Crippen molar-refractivity contribution in [3.05, 3.63) is 71.2 Å². The van der Waals surface area contributed by atoms with Crippen molar-refractivity contribution in [1.82, 2.24) is 4.90 Å². The van der Waals surface area contributed by atoms with Crippen molar-refractivity contribution >= 4 is 18.9 Å². The van der Waals surface area contributed by atoms with E-state index in [9.17, 15) is 19.7 Å². The molecule has 1 aliphatic carbocycles. The van der Waals surface area contributed by atoms with Gasteiger partial charge in [0, 0.05) is 7.05 Å². The highest BCUT2D eigenvalue weighted by Gasteiger charge is 2.57. The largest absolute Gasteiger partial charge is 0.508 e. The number of para-hydroxylation sites is 1. The second-order valence-corrected chi connectivity index (χ2v) is 8.65. The Morgan fingerprint density at radius 3 is 2.62 bits per heavy atom. The van der Waals surface area contributed by atoms with Gasteiger partial charge in [-0.3, -0.25) is 14.5 Å². The molecule has 2 N–H and O–H groups in total. The van der Waals surface area contributed by atoms with Gasteiger partial charge < -0.3 is 19.5 Å². The molecule has 2 saturated heterocycles. The van der Waals surface area contributed by atoms with Gasteiger partial charge in [0.25, 0.3) is 0 Å². The first kappa shape index (κ1) is 20.8. The molecule has 2 fully saturated rings. The SMILES string of the molecule is CN1C(=O)[C@H]2[C@H](CC(COc3ccccc3)=C3B(O)O[C@H](c4cccc(O)c4)C[C@H]32)C1=O. The van der Waals surface area contributed by atoms with Crippen LogP contribution in [-0.4, -0.2) is 47.6 Å². The van der Waals surface area contributed by atoms with Crippen LogP contribution in [-0.2, 0) is 14.2 Å². The summed E-state index contributed by atoms with van der Waals surface area (Å²) in [7, 11) is 0.302. The van der Waals surface area contributed by atoms with Gasteiger partial charge >= 0.3 is 7.12 Å². The van der Waals surface area contributed by atoms with Gasteiger partial charge in [-0.05, 0) is 59.6 Å². The highest BCUT2D eigenvalue weighted by Crippen LogP contribution is 2.51. The number of amides is 2. The van der Waals surface area contributed by atoms with E-state index in [4.69, 9.17) is 9.39 Å². The lowest BCUT2D eigenvalue weighted by Crippen LogP contribution is -2.45. The Morgan fingerprint density at radius 1 is 1.09 bits per heavy atom. The van der Waals surface area contributed by atoms with E-state index in [1.807, 2.05) is 36.4 Å². The molecular formula is C24H24BNO6. The highest BCUT2D eigenvalue weighted by atomic mass is 16.5. The monoisotopic (exact) mass is 433 g/mol. The van der Waals surface area contributed by atoms with Crippen LogP contribution in [0.25, 0.3) is 0 Å². The Morgan fingerprint density at radius 2 is 1.88 bits per heavy atom. The number of benzene rings is 2. The molecule has 32 heavy (non-hydrogen) atoms. The fraction of sp³-hybridized carbons (Fsp3) is 0.333. The van der Waals surface area contributed by atoms with Gasteiger partial charge in [0.05, 0.1) is 17.9 Å². The third-order valence-electron chi connectivity index (χ3n) is 6.83. The van der Waals surface area contributed by atoms with Crippen LogP contribution in [0.3, 0.4) is 0 Å². The maximum absolute atomic E-state index is 13.0. The number of allylic oxidation sites excluding steroid dienone is 1. The van der Waals surface area contributed by atoms with Gasteiger partial charge in [0.1, 0.15) is 18.1 Å². The summed E-state index contributed by atoms with van der Waals surface area (Å²) in [5, 5.41) is 20.9. The summed E-state index contributed by atoms with van der Waals surface area (Å²) in [4.78, 5) is 27.0. The highest BCUT2D eigenvalue weighted by molar-refractivity contribution is 6.53. The van der Waals surface area contributed by atoms with E-state index in [2.05, 4.69) is 0 Å². The summed E-state index contributed by atoms with van der Waals surface area (Å²) in [5.74, 6) is -0.950. The quantitative estimate of drug-likeness (QED) is 0.568. The number of carbonyl (C=O) groups excluding carboxylic acids is 2. The molecule has 0 unspecified atom stereocenters. The van der Waals surface area contributed by atoms with E-state index in [1.54, 1.807) is 18.2 Å². The minimum atomic E-state index is -1.22. The normalized spacial score (nSPS) is 27.4. The Hall–Kier alpha value is -3.10. The first-order valence-corrected chi connectivity index (χ1v) is 10.8. The zero-order valence-corrected chi connectivity index (χ0v) is 17.7. The summed E-state index contributed by atoms with van der Waals surface area (Å²) >= 11 is 0. The summed E-state index contributed by atoms with van der Waals surface area (Å²) < 4.78 is 11.9. The molecule has 2 aromatic rings. The zero-order valence-electron chi connectivity index (χ0n) is 17.7. The molecular weight excluding hydrogens is 409 g/mol. The van der Waals surface area contributed by atoms with E-state index in [-0.39, 0.29) is 30.1 Å². The van der Waals surface area contributed by atoms with Crippen LogP contribution in [0.4, 0.5) is 0 Å². The van der Waals surface area contributed by atoms with E-state index in [0.29, 0.717) is 24.1 Å². The number of likely N-dealkylation sites (tertiary alicyclic amines) is 1. The van der Waals surface area contributed by atoms with Crippen LogP contribution in [0, 0.1) is 17.8 Å². The first-order valence-electron chi connectivity index (χ1n) is 10.8. The molecule has 0 saturated carbocycles. The number of ether oxygens (including phenoxy) is 1. The van der Waals surface area contributed by atoms with E-state index >= 15 is 0 Å². The number of hydrogen-bond acceptors (Lipinski definition) is 6. The number of rotatable bonds is 4. The lowest BCUT2D eigenvalue weighted by Gasteiger charge is -2.42. The topological polar surface area (TPSA) is 96.3 Å². The molecule has 2 heterocycles. The van der Waals surface area contributed by atoms with Crippen molar-refractivity contribution in [3.8, 4) is 11.5 Å². The predicted molar refractivity (Wildman–Crippen MR) is 116 cm³/mol. The fourth-order valence-electron chi connectivity index (χ4n) is 5.33. The molecule has 0 radical (unpaired) electrons. The number of carbonyl (C=O) groups is 2. The van der Waals surface area contributed by atoms with Crippen molar-refractivity contribution in [3.63, 3.8) is 0 Å². The minimum absolute atomic E-state index is 0.104. The molecule has 4 atom stereocenters. The number of phenols is 1. The molecule has 164 valence electrons. The Bertz CT molecular complexity index is 1090. The van der Waals surface area contributed by atoms with Crippen LogP contribution in [0.5, 0.6) is 11.5 Å². The Kier molecular flexibility index (Phi) is 5.27. The van der Waals surface area contributed by atoms with Crippen molar-refractivity contribution in [1.29, 1.82) is 0 Å². The zero-order chi connectivity index (χ0) is 22.4. The summed E-state index contributed by atoms with van der Waals surface area (Å²) in [6, 6.07) is 16.0. The molecule has 8 heteroatoms. The van der Waals surface area contributed by atoms with Gasteiger partial charge in [-0.1, -0.05) is 30.3 Å². The molecule has 7 nitrogen and oxygen atoms in total. The van der Waals surface area contributed by atoms with Gasteiger partial charge in [-0.2, -0.15) is 0 Å². The lowest BCUT2D eigenvalue weighted by molar-refractivity contribution is -0.138. The molecule has 2 amide bonds. The summed E-state index contributed by atoms with van der Waals surface area (Å²) in [5.41, 5.74) is 2.17. The minimum Gasteiger partial charge on any atom is -0.508 e. The third-order valence-corrected chi connectivity index (χ3v) is 6.83. The average molecular weight is 433 g/mol. The maximum Gasteiger partial charge on any atom is 0.487 e. The number of phenolic OH excluding ortho intramolecular Hbond substituents is 1. The van der Waals surface area contributed by atoms with Crippen LogP contribution < -0.4 is 4.74 Å². The molecule has 2 aliphatic heterocycles. The maximum atomic E-state index is 13.0. The number of aromatic hydroxyl groups is 1. The molecule has 3 aliphatic rings. The van der Waals surface area contributed by atoms with Crippen LogP contribution in [0.2, 0.25) is 0 Å². The second kappa shape index (κ2) is 8.11. The average Bonchev–Trinajstić information content (AvgIpc) is 3.02. The number of imide groups is 1. The summed E-state index contributed by atoms with van der Waals surface area (Å²) in [6.45, 7) is 0.210. The second-order valence-electron chi connectivity index (χ2n) is 8.65. The number of hydrogen-bond donors (Lipinski definition) is 2. The van der Waals surface area contributed by atoms with Crippen LogP contribution >= 0.6 is 0 Å². The van der Waals surface area contributed by atoms with Crippen LogP contribution in [0.15, 0.2) is 65.6 Å². The lowest BCUT2D eigenvalue weighted by atomic mass is 9.55. The Labute approximate surface area is 186 Å². The molecule has 2 aromatic carbocycles. The number of fused-ring (bicyclic) bond motifs is 3. The van der Waals surface area contributed by atoms with Crippen molar-refractivity contribution < 1.29 is 29.1 Å². The van der Waals surface area contributed by atoms with Gasteiger partial charge in [0.15, 0.2) is 0 Å². The molecule has 5 rings (SSSR count). The van der Waals surface area contributed by atoms with Gasteiger partial charge in [-0.25, -0.2) is 0 Å². The van der Waals surface area contributed by atoms with Crippen molar-refractivity contribution in [2.75, 3.05) is 13.7 Å². The molecule has 0 spiro atoms. The molecule has 0 aromatic heterocycles. The summed E-state index contributed by atoms with van der Waals surface area (Å²) in [6.07, 6.45) is 0.281. The van der Waals surface area contributed by atoms with Gasteiger partial charge in [0.2, 0.25) is 11.8 Å². The van der Waals surface area contributed by atoms with Crippen LogP contribution in [0.1, 0.15) is 24.5 Å². The van der Waals surface area contributed by atoms with E-state index in [0.717, 1.165) is 11.1 Å². The van der Waals surface area contributed by atoms with Crippen molar-refractivity contribution in [2.24, 2.45) is 17.8 Å². The van der Waals surface area contributed by atoms with Crippen molar-refractivity contribution in [2.45, 2.75) is 18.9 Å². The number of nitrogens with zero attached hydrogens (tertiary/aromatic N) is 1. The molecule has 0 bridgehead atoms. The first-order chi connectivity index (χ1) is 15.4.